The minimum Gasteiger partial charge on any atom is -0.354 e. The lowest BCUT2D eigenvalue weighted by Gasteiger charge is -2.11. The number of anilines is 2. The number of rotatable bonds is 7. The summed E-state index contributed by atoms with van der Waals surface area (Å²) in [5, 5.41) is 3.70. The van der Waals surface area contributed by atoms with Gasteiger partial charge >= 0.3 is 0 Å². The maximum Gasteiger partial charge on any atom is 0.262 e. The Labute approximate surface area is 159 Å². The first-order chi connectivity index (χ1) is 11.4. The molecule has 1 aliphatic rings. The first kappa shape index (κ1) is 17.9. The molecule has 1 aliphatic carbocycles. The minimum atomic E-state index is -3.71. The van der Waals surface area contributed by atoms with Crippen LogP contribution in [0.15, 0.2) is 47.4 Å². The molecule has 2 aromatic rings. The Bertz CT molecular complexity index is 841. The van der Waals surface area contributed by atoms with E-state index < -0.39 is 10.0 Å². The first-order valence-corrected chi connectivity index (χ1v) is 10.3. The fraction of sp³-hybridized carbons (Fsp3) is 0.250. The third-order valence-electron chi connectivity index (χ3n) is 3.54. The topological polar surface area (TPSA) is 67.4 Å². The van der Waals surface area contributed by atoms with Crippen LogP contribution < -0.4 is 10.2 Å². The molecule has 24 heavy (non-hydrogen) atoms. The van der Waals surface area contributed by atoms with Crippen LogP contribution in [-0.2, 0) is 14.9 Å². The van der Waals surface area contributed by atoms with Gasteiger partial charge in [-0.25, -0.2) is 8.42 Å². The highest BCUT2D eigenvalue weighted by Gasteiger charge is 2.23. The van der Waals surface area contributed by atoms with Gasteiger partial charge in [0.05, 0.1) is 22.2 Å². The number of benzene rings is 2. The van der Waals surface area contributed by atoms with Crippen molar-refractivity contribution in [2.45, 2.75) is 17.7 Å². The molecular formula is C16H16ClIN2O3S. The number of hydrogen-bond acceptors (Lipinski definition) is 4. The van der Waals surface area contributed by atoms with Crippen LogP contribution in [0.2, 0.25) is 5.02 Å². The Morgan fingerprint density at radius 3 is 2.71 bits per heavy atom. The minimum absolute atomic E-state index is 0.130. The molecule has 0 amide bonds. The quantitative estimate of drug-likeness (QED) is 0.460. The molecular weight excluding hydrogens is 463 g/mol. The molecule has 0 unspecified atom stereocenters. The highest BCUT2D eigenvalue weighted by Crippen LogP contribution is 2.29. The molecule has 0 spiro atoms. The van der Waals surface area contributed by atoms with Crippen LogP contribution in [0.5, 0.6) is 0 Å². The summed E-state index contributed by atoms with van der Waals surface area (Å²) in [7, 11) is -3.71. The van der Waals surface area contributed by atoms with Crippen LogP contribution in [-0.4, -0.2) is 15.0 Å². The molecule has 0 radical (unpaired) electrons. The summed E-state index contributed by atoms with van der Waals surface area (Å²) >= 11 is 8.37. The molecule has 2 aromatic carbocycles. The Morgan fingerprint density at radius 1 is 1.21 bits per heavy atom. The van der Waals surface area contributed by atoms with E-state index in [0.29, 0.717) is 28.9 Å². The van der Waals surface area contributed by atoms with Crippen molar-refractivity contribution in [3.63, 3.8) is 0 Å². The zero-order chi connectivity index (χ0) is 17.2. The van der Waals surface area contributed by atoms with Crippen molar-refractivity contribution in [2.75, 3.05) is 11.9 Å². The van der Waals surface area contributed by atoms with Crippen LogP contribution >= 0.6 is 34.2 Å². The Morgan fingerprint density at radius 2 is 2.00 bits per heavy atom. The van der Waals surface area contributed by atoms with Gasteiger partial charge in [-0.2, -0.15) is 0 Å². The standard InChI is InChI=1S/C16H16ClIN2O3S/c17-15-8-12(18)6-7-16(15)19-13-2-1-3-14(9-13)24(21,22)20-23-10-11-4-5-11/h1-3,6-9,11,19-20H,4-5,10H2. The van der Waals surface area contributed by atoms with Crippen molar-refractivity contribution in [3.8, 4) is 0 Å². The number of nitrogens with one attached hydrogen (secondary N) is 2. The molecule has 0 saturated heterocycles. The van der Waals surface area contributed by atoms with Crippen molar-refractivity contribution < 1.29 is 13.3 Å². The Kier molecular flexibility index (Phi) is 5.66. The molecule has 0 bridgehead atoms. The Balaban J connectivity index is 1.72. The second-order valence-corrected chi connectivity index (χ2v) is 8.92. The number of sulfonamides is 1. The van der Waals surface area contributed by atoms with Gasteiger partial charge in [0.15, 0.2) is 0 Å². The molecule has 0 aromatic heterocycles. The number of hydrogen-bond donors (Lipinski definition) is 2. The van der Waals surface area contributed by atoms with Crippen LogP contribution in [0.4, 0.5) is 11.4 Å². The van der Waals surface area contributed by atoms with Gasteiger partial charge < -0.3 is 5.32 Å². The van der Waals surface area contributed by atoms with Crippen molar-refractivity contribution in [1.82, 2.24) is 4.89 Å². The molecule has 8 heteroatoms. The lowest BCUT2D eigenvalue weighted by Crippen LogP contribution is -2.25. The summed E-state index contributed by atoms with van der Waals surface area (Å²) in [6, 6.07) is 12.1. The summed E-state index contributed by atoms with van der Waals surface area (Å²) in [4.78, 5) is 7.39. The van der Waals surface area contributed by atoms with E-state index in [1.807, 2.05) is 18.2 Å². The van der Waals surface area contributed by atoms with E-state index in [9.17, 15) is 8.42 Å². The van der Waals surface area contributed by atoms with Gasteiger partial charge in [-0.15, -0.1) is 0 Å². The van der Waals surface area contributed by atoms with Crippen LogP contribution in [0, 0.1) is 9.49 Å². The molecule has 0 atom stereocenters. The average Bonchev–Trinajstić information content (AvgIpc) is 3.35. The normalized spacial score (nSPS) is 14.6. The second kappa shape index (κ2) is 7.57. The largest absolute Gasteiger partial charge is 0.354 e. The maximum atomic E-state index is 12.3. The van der Waals surface area contributed by atoms with Gasteiger partial charge in [0.25, 0.3) is 10.0 Å². The summed E-state index contributed by atoms with van der Waals surface area (Å²) in [5.41, 5.74) is 1.34. The van der Waals surface area contributed by atoms with Crippen molar-refractivity contribution in [1.29, 1.82) is 0 Å². The highest BCUT2D eigenvalue weighted by atomic mass is 127. The summed E-state index contributed by atoms with van der Waals surface area (Å²) in [6.45, 7) is 0.412. The van der Waals surface area contributed by atoms with E-state index in [1.54, 1.807) is 12.1 Å². The summed E-state index contributed by atoms with van der Waals surface area (Å²) in [6.07, 6.45) is 2.19. The third-order valence-corrected chi connectivity index (χ3v) is 5.73. The van der Waals surface area contributed by atoms with E-state index in [-0.39, 0.29) is 4.90 Å². The van der Waals surface area contributed by atoms with Crippen molar-refractivity contribution in [3.05, 3.63) is 51.1 Å². The van der Waals surface area contributed by atoms with E-state index in [1.165, 1.54) is 12.1 Å². The lowest BCUT2D eigenvalue weighted by molar-refractivity contribution is 0.0844. The van der Waals surface area contributed by atoms with Gasteiger partial charge in [-0.05, 0) is 77.7 Å². The number of halogens is 2. The molecule has 1 fully saturated rings. The predicted molar refractivity (Wildman–Crippen MR) is 103 cm³/mol. The zero-order valence-electron chi connectivity index (χ0n) is 12.6. The van der Waals surface area contributed by atoms with Gasteiger partial charge in [0.2, 0.25) is 0 Å². The van der Waals surface area contributed by atoms with Crippen LogP contribution in [0.25, 0.3) is 0 Å². The maximum absolute atomic E-state index is 12.3. The molecule has 2 N–H and O–H groups in total. The van der Waals surface area contributed by atoms with Crippen LogP contribution in [0.1, 0.15) is 12.8 Å². The SMILES string of the molecule is O=S(=O)(NOCC1CC1)c1cccc(Nc2ccc(I)cc2Cl)c1. The van der Waals surface area contributed by atoms with Crippen molar-refractivity contribution in [2.24, 2.45) is 5.92 Å². The van der Waals surface area contributed by atoms with Gasteiger partial charge in [0, 0.05) is 9.26 Å². The third kappa shape index (κ3) is 4.82. The summed E-state index contributed by atoms with van der Waals surface area (Å²) < 4.78 is 25.5. The van der Waals surface area contributed by atoms with Crippen LogP contribution in [0.3, 0.4) is 0 Å². The molecule has 0 heterocycles. The highest BCUT2D eigenvalue weighted by molar-refractivity contribution is 14.1. The Hall–Kier alpha value is -0.870. The predicted octanol–water partition coefficient (Wildman–Crippen LogP) is 4.31. The lowest BCUT2D eigenvalue weighted by atomic mass is 10.2. The van der Waals surface area contributed by atoms with Gasteiger partial charge in [-0.1, -0.05) is 22.6 Å². The zero-order valence-corrected chi connectivity index (χ0v) is 16.4. The second-order valence-electron chi connectivity index (χ2n) is 5.62. The van der Waals surface area contributed by atoms with Gasteiger partial charge in [-0.3, -0.25) is 4.84 Å². The molecule has 128 valence electrons. The monoisotopic (exact) mass is 478 g/mol. The van der Waals surface area contributed by atoms with E-state index in [4.69, 9.17) is 16.4 Å². The smallest absolute Gasteiger partial charge is 0.262 e. The molecule has 0 aliphatic heterocycles. The molecule has 1 saturated carbocycles. The van der Waals surface area contributed by atoms with E-state index in [2.05, 4.69) is 32.8 Å². The first-order valence-electron chi connectivity index (χ1n) is 7.40. The average molecular weight is 479 g/mol. The van der Waals surface area contributed by atoms with E-state index in [0.717, 1.165) is 16.4 Å². The fourth-order valence-electron chi connectivity index (χ4n) is 2.05. The summed E-state index contributed by atoms with van der Waals surface area (Å²) in [5.74, 6) is 0.476. The molecule has 5 nitrogen and oxygen atoms in total. The van der Waals surface area contributed by atoms with E-state index >= 15 is 0 Å². The molecule has 3 rings (SSSR count). The fourth-order valence-corrected chi connectivity index (χ4v) is 3.81. The van der Waals surface area contributed by atoms with Crippen molar-refractivity contribution >= 4 is 55.6 Å². The van der Waals surface area contributed by atoms with Gasteiger partial charge in [0.1, 0.15) is 0 Å².